The van der Waals surface area contributed by atoms with Crippen molar-refractivity contribution in [2.45, 2.75) is 40.2 Å². The highest BCUT2D eigenvalue weighted by Gasteiger charge is 2.20. The molecule has 0 bridgehead atoms. The minimum atomic E-state index is -0.892. The molecule has 42 heavy (non-hydrogen) atoms. The standard InChI is InChI=1S/C16H17N3O4.C15H22N2O2/c1-3-15(13-6-4-11(21)8-14(13)19-22-2)23-12-5-7-16(17-9-12)18-10-20;1-5-12(2)14(18)17(16-11-15(3,4)19)13-9-7-6-8-10-13/h3-10,19,21H,1-2H3,(H,17,18,20);5-10,16,19H,11H2,1-4H3/p+1/b15-3+;12-5+. The van der Waals surface area contributed by atoms with Gasteiger partial charge in [0.2, 0.25) is 6.41 Å². The predicted octanol–water partition coefficient (Wildman–Crippen LogP) is 3.81. The van der Waals surface area contributed by atoms with Gasteiger partial charge in [0, 0.05) is 18.2 Å². The third kappa shape index (κ3) is 10.8. The van der Waals surface area contributed by atoms with E-state index < -0.39 is 5.60 Å². The molecule has 0 unspecified atom stereocenters. The van der Waals surface area contributed by atoms with E-state index in [2.05, 4.69) is 15.7 Å². The molecule has 2 amide bonds. The summed E-state index contributed by atoms with van der Waals surface area (Å²) in [5.41, 5.74) is 6.46. The summed E-state index contributed by atoms with van der Waals surface area (Å²) < 4.78 is 5.84. The molecule has 0 aliphatic rings. The summed E-state index contributed by atoms with van der Waals surface area (Å²) in [6, 6.07) is 17.6. The van der Waals surface area contributed by atoms with Crippen molar-refractivity contribution in [3.63, 3.8) is 0 Å². The van der Waals surface area contributed by atoms with Crippen LogP contribution in [0.3, 0.4) is 0 Å². The van der Waals surface area contributed by atoms with Crippen molar-refractivity contribution in [1.82, 2.24) is 10.4 Å². The van der Waals surface area contributed by atoms with Crippen molar-refractivity contribution in [1.29, 1.82) is 0 Å². The van der Waals surface area contributed by atoms with Crippen LogP contribution in [0.1, 0.15) is 40.2 Å². The Morgan fingerprint density at radius 2 is 1.81 bits per heavy atom. The lowest BCUT2D eigenvalue weighted by atomic mass is 10.1. The smallest absolute Gasteiger partial charge is 0.267 e. The molecule has 0 aliphatic heterocycles. The molecule has 0 aliphatic carbocycles. The van der Waals surface area contributed by atoms with Gasteiger partial charge in [-0.1, -0.05) is 24.3 Å². The van der Waals surface area contributed by atoms with E-state index in [0.29, 0.717) is 35.0 Å². The second-order valence-electron chi connectivity index (χ2n) is 9.62. The van der Waals surface area contributed by atoms with E-state index in [9.17, 15) is 19.8 Å². The summed E-state index contributed by atoms with van der Waals surface area (Å²) in [5, 5.41) is 23.3. The number of para-hydroxylation sites is 1. The van der Waals surface area contributed by atoms with E-state index in [1.54, 1.807) is 63.3 Å². The fourth-order valence-electron chi connectivity index (χ4n) is 3.41. The first kappa shape index (κ1) is 33.7. The van der Waals surface area contributed by atoms with Gasteiger partial charge in [-0.3, -0.25) is 9.59 Å². The Kier molecular flexibility index (Phi) is 13.3. The molecular formula is C31H40N5O6+. The van der Waals surface area contributed by atoms with E-state index >= 15 is 0 Å². The van der Waals surface area contributed by atoms with Crippen LogP contribution in [0.5, 0.6) is 11.5 Å². The van der Waals surface area contributed by atoms with Crippen LogP contribution in [-0.4, -0.2) is 46.8 Å². The molecular weight excluding hydrogens is 538 g/mol. The second-order valence-corrected chi connectivity index (χ2v) is 9.62. The molecule has 224 valence electrons. The SMILES string of the molecule is C/C=C(/Oc1ccc(NC=O)nc1)c1ccc(O)cc1[NH2+]OC.C/C=C(\C)C(=O)N(NCC(C)(C)O)c1ccccc1. The van der Waals surface area contributed by atoms with Crippen molar-refractivity contribution < 1.29 is 34.9 Å². The minimum Gasteiger partial charge on any atom is -0.508 e. The maximum atomic E-state index is 12.3. The average Bonchev–Trinajstić information content (AvgIpc) is 2.97. The number of nitrogens with zero attached hydrogens (tertiary/aromatic N) is 2. The van der Waals surface area contributed by atoms with Crippen LogP contribution < -0.4 is 26.0 Å². The number of aromatic hydroxyl groups is 1. The summed E-state index contributed by atoms with van der Waals surface area (Å²) in [6.45, 7) is 9.10. The molecule has 0 saturated carbocycles. The normalized spacial score (nSPS) is 11.7. The topological polar surface area (TPSA) is 150 Å². The van der Waals surface area contributed by atoms with Crippen LogP contribution in [-0.2, 0) is 14.4 Å². The fourth-order valence-corrected chi connectivity index (χ4v) is 3.41. The number of nitrogens with two attached hydrogens (primary N) is 1. The van der Waals surface area contributed by atoms with Crippen molar-refractivity contribution in [2.24, 2.45) is 0 Å². The number of quaternary nitrogens is 1. The number of amides is 2. The van der Waals surface area contributed by atoms with Gasteiger partial charge >= 0.3 is 0 Å². The number of anilines is 2. The van der Waals surface area contributed by atoms with Gasteiger partial charge in [0.05, 0.1) is 30.2 Å². The number of benzene rings is 2. The summed E-state index contributed by atoms with van der Waals surface area (Å²) in [7, 11) is 1.53. The summed E-state index contributed by atoms with van der Waals surface area (Å²) >= 11 is 0. The molecule has 6 N–H and O–H groups in total. The predicted molar refractivity (Wildman–Crippen MR) is 163 cm³/mol. The molecule has 1 aromatic heterocycles. The first-order valence-corrected chi connectivity index (χ1v) is 13.2. The molecule has 0 spiro atoms. The van der Waals surface area contributed by atoms with Gasteiger partial charge in [-0.2, -0.15) is 5.48 Å². The lowest BCUT2D eigenvalue weighted by molar-refractivity contribution is -0.830. The van der Waals surface area contributed by atoms with E-state index in [-0.39, 0.29) is 18.2 Å². The van der Waals surface area contributed by atoms with Crippen LogP contribution in [0, 0.1) is 0 Å². The number of carbonyl (C=O) groups is 2. The van der Waals surface area contributed by atoms with Crippen LogP contribution in [0.2, 0.25) is 0 Å². The average molecular weight is 579 g/mol. The number of rotatable bonds is 12. The number of allylic oxidation sites excluding steroid dienone is 2. The fraction of sp³-hybridized carbons (Fsp3) is 0.258. The van der Waals surface area contributed by atoms with Gasteiger partial charge in [0.1, 0.15) is 23.1 Å². The van der Waals surface area contributed by atoms with Gasteiger partial charge in [0.25, 0.3) is 5.91 Å². The maximum absolute atomic E-state index is 12.3. The van der Waals surface area contributed by atoms with Gasteiger partial charge in [0.15, 0.2) is 5.69 Å². The van der Waals surface area contributed by atoms with Crippen molar-refractivity contribution in [3.8, 4) is 11.5 Å². The second kappa shape index (κ2) is 16.7. The molecule has 1 heterocycles. The van der Waals surface area contributed by atoms with Crippen molar-refractivity contribution >= 4 is 35.3 Å². The molecule has 0 radical (unpaired) electrons. The number of carbonyl (C=O) groups excluding carboxylic acids is 2. The Balaban J connectivity index is 0.000000299. The number of phenolic OH excluding ortho intramolecular Hbond substituents is 1. The number of aromatic nitrogens is 1. The molecule has 0 saturated heterocycles. The molecule has 0 atom stereocenters. The number of hydrogen-bond donors (Lipinski definition) is 5. The number of phenols is 1. The number of pyridine rings is 1. The van der Waals surface area contributed by atoms with E-state index in [0.717, 1.165) is 11.3 Å². The van der Waals surface area contributed by atoms with E-state index in [1.165, 1.54) is 23.8 Å². The van der Waals surface area contributed by atoms with Crippen molar-refractivity contribution in [2.75, 3.05) is 24.0 Å². The Morgan fingerprint density at radius 1 is 1.10 bits per heavy atom. The number of aliphatic hydroxyl groups is 1. The van der Waals surface area contributed by atoms with Crippen LogP contribution in [0.25, 0.3) is 5.76 Å². The van der Waals surface area contributed by atoms with Crippen molar-refractivity contribution in [3.05, 3.63) is 90.1 Å². The number of hydrogen-bond acceptors (Lipinski definition) is 8. The van der Waals surface area contributed by atoms with Gasteiger partial charge in [-0.05, 0) is 77.1 Å². The molecule has 3 aromatic rings. The minimum absolute atomic E-state index is 0.127. The first-order chi connectivity index (χ1) is 20.0. The van der Waals surface area contributed by atoms with Crippen LogP contribution >= 0.6 is 0 Å². The highest BCUT2D eigenvalue weighted by Crippen LogP contribution is 2.27. The zero-order valence-electron chi connectivity index (χ0n) is 24.8. The molecule has 11 heteroatoms. The van der Waals surface area contributed by atoms with Gasteiger partial charge < -0.3 is 20.3 Å². The zero-order valence-corrected chi connectivity index (χ0v) is 24.8. The Hall–Kier alpha value is -4.55. The Labute approximate surface area is 246 Å². The number of hydrazine groups is 1. The zero-order chi connectivity index (χ0) is 31.1. The lowest BCUT2D eigenvalue weighted by Crippen LogP contribution is -2.76. The van der Waals surface area contributed by atoms with E-state index in [4.69, 9.17) is 9.57 Å². The highest BCUT2D eigenvalue weighted by atomic mass is 16.6. The monoisotopic (exact) mass is 578 g/mol. The molecule has 11 nitrogen and oxygen atoms in total. The Morgan fingerprint density at radius 3 is 2.36 bits per heavy atom. The van der Waals surface area contributed by atoms with E-state index in [1.807, 2.05) is 44.2 Å². The van der Waals surface area contributed by atoms with Gasteiger partial charge in [-0.15, -0.1) is 0 Å². The van der Waals surface area contributed by atoms with Gasteiger partial charge in [-0.25, -0.2) is 20.3 Å². The quantitative estimate of drug-likeness (QED) is 0.0716. The van der Waals surface area contributed by atoms with Crippen LogP contribution in [0.15, 0.2) is 84.6 Å². The highest BCUT2D eigenvalue weighted by molar-refractivity contribution is 6.04. The van der Waals surface area contributed by atoms with Crippen LogP contribution in [0.4, 0.5) is 17.2 Å². The Bertz CT molecular complexity index is 1350. The third-order valence-electron chi connectivity index (χ3n) is 5.64. The summed E-state index contributed by atoms with van der Waals surface area (Å²) in [6.07, 6.45) is 5.64. The summed E-state index contributed by atoms with van der Waals surface area (Å²) in [5.74, 6) is 1.56. The molecule has 0 fully saturated rings. The number of nitrogens with one attached hydrogen (secondary N) is 2. The maximum Gasteiger partial charge on any atom is 0.267 e. The number of ether oxygens (including phenoxy) is 1. The molecule has 2 aromatic carbocycles. The first-order valence-electron chi connectivity index (χ1n) is 13.2. The lowest BCUT2D eigenvalue weighted by Gasteiger charge is -2.27. The third-order valence-corrected chi connectivity index (χ3v) is 5.64. The summed E-state index contributed by atoms with van der Waals surface area (Å²) in [4.78, 5) is 31.8. The largest absolute Gasteiger partial charge is 0.508 e. The molecule has 3 rings (SSSR count).